The molecule has 1 aromatic heterocycles. The molecule has 1 amide bonds. The Morgan fingerprint density at radius 2 is 2.08 bits per heavy atom. The summed E-state index contributed by atoms with van der Waals surface area (Å²) in [6.45, 7) is -1.28. The van der Waals surface area contributed by atoms with Crippen molar-refractivity contribution in [3.63, 3.8) is 0 Å². The van der Waals surface area contributed by atoms with Crippen LogP contribution in [0.5, 0.6) is 5.75 Å². The van der Waals surface area contributed by atoms with Crippen molar-refractivity contribution in [2.75, 3.05) is 6.61 Å². The molecule has 0 fully saturated rings. The number of ether oxygens (including phenoxy) is 1. The summed E-state index contributed by atoms with van der Waals surface area (Å²) in [5.41, 5.74) is 1.27. The van der Waals surface area contributed by atoms with Gasteiger partial charge in [-0.3, -0.25) is 9.48 Å². The standard InChI is InChI=1S/C17H18F3N3O2/c18-17(19,20)11-23-9-12-5-4-8-14(16(12)22-23)21-15(24)10-25-13-6-2-1-3-7-13/h1-3,6-7,9,14H,4-5,8,10-11H2,(H,21,24)/t14-/m1/s1. The normalized spacial score (nSPS) is 17.0. The second kappa shape index (κ2) is 7.16. The summed E-state index contributed by atoms with van der Waals surface area (Å²) in [7, 11) is 0. The third-order valence-corrected chi connectivity index (χ3v) is 3.93. The van der Waals surface area contributed by atoms with E-state index >= 15 is 0 Å². The Morgan fingerprint density at radius 1 is 1.32 bits per heavy atom. The van der Waals surface area contributed by atoms with Crippen molar-refractivity contribution < 1.29 is 22.7 Å². The Kier molecular flexibility index (Phi) is 4.96. The van der Waals surface area contributed by atoms with Gasteiger partial charge in [0.2, 0.25) is 0 Å². The van der Waals surface area contributed by atoms with Crippen molar-refractivity contribution in [1.29, 1.82) is 0 Å². The van der Waals surface area contributed by atoms with Crippen LogP contribution < -0.4 is 10.1 Å². The van der Waals surface area contributed by atoms with Gasteiger partial charge in [-0.1, -0.05) is 18.2 Å². The summed E-state index contributed by atoms with van der Waals surface area (Å²) in [5, 5.41) is 6.83. The Hall–Kier alpha value is -2.51. The lowest BCUT2D eigenvalue weighted by Gasteiger charge is -2.22. The molecule has 0 unspecified atom stereocenters. The van der Waals surface area contributed by atoms with Gasteiger partial charge in [0.15, 0.2) is 6.61 Å². The smallest absolute Gasteiger partial charge is 0.408 e. The highest BCUT2D eigenvalue weighted by Gasteiger charge is 2.31. The molecule has 25 heavy (non-hydrogen) atoms. The molecule has 1 aliphatic carbocycles. The van der Waals surface area contributed by atoms with E-state index in [9.17, 15) is 18.0 Å². The Morgan fingerprint density at radius 3 is 2.80 bits per heavy atom. The molecular weight excluding hydrogens is 335 g/mol. The molecule has 1 atom stereocenters. The number of para-hydroxylation sites is 1. The number of rotatable bonds is 5. The predicted octanol–water partition coefficient (Wildman–Crippen LogP) is 3.02. The number of nitrogens with one attached hydrogen (secondary N) is 1. The van der Waals surface area contributed by atoms with Gasteiger partial charge >= 0.3 is 6.18 Å². The number of amides is 1. The second-order valence-electron chi connectivity index (χ2n) is 5.97. The number of alkyl halides is 3. The number of carbonyl (C=O) groups excluding carboxylic acids is 1. The topological polar surface area (TPSA) is 56.1 Å². The summed E-state index contributed by atoms with van der Waals surface area (Å²) < 4.78 is 43.9. The molecular formula is C17H18F3N3O2. The van der Waals surface area contributed by atoms with Crippen molar-refractivity contribution in [3.8, 4) is 5.75 Å². The fourth-order valence-electron chi connectivity index (χ4n) is 2.90. The molecule has 0 saturated heterocycles. The predicted molar refractivity (Wildman–Crippen MR) is 84.0 cm³/mol. The van der Waals surface area contributed by atoms with E-state index in [2.05, 4.69) is 10.4 Å². The SMILES string of the molecule is O=C(COc1ccccc1)N[C@@H]1CCCc2cn(CC(F)(F)F)nc21. The first-order valence-corrected chi connectivity index (χ1v) is 8.01. The van der Waals surface area contributed by atoms with Crippen molar-refractivity contribution in [1.82, 2.24) is 15.1 Å². The maximum atomic E-state index is 12.5. The number of fused-ring (bicyclic) bond motifs is 1. The first-order valence-electron chi connectivity index (χ1n) is 8.01. The quantitative estimate of drug-likeness (QED) is 0.899. The number of carbonyl (C=O) groups is 1. The summed E-state index contributed by atoms with van der Waals surface area (Å²) in [4.78, 5) is 12.1. The Bertz CT molecular complexity index is 728. The van der Waals surface area contributed by atoms with Gasteiger partial charge in [-0.25, -0.2) is 0 Å². The average Bonchev–Trinajstić information content (AvgIpc) is 2.95. The molecule has 0 aliphatic heterocycles. The van der Waals surface area contributed by atoms with E-state index in [0.717, 1.165) is 16.7 Å². The van der Waals surface area contributed by atoms with Crippen LogP contribution in [-0.4, -0.2) is 28.5 Å². The van der Waals surface area contributed by atoms with Gasteiger partial charge in [0, 0.05) is 6.20 Å². The number of nitrogens with zero attached hydrogens (tertiary/aromatic N) is 2. The first-order chi connectivity index (χ1) is 11.9. The van der Waals surface area contributed by atoms with Crippen LogP contribution in [0.2, 0.25) is 0 Å². The van der Waals surface area contributed by atoms with E-state index in [1.165, 1.54) is 6.20 Å². The highest BCUT2D eigenvalue weighted by Crippen LogP contribution is 2.29. The van der Waals surface area contributed by atoms with Gasteiger partial charge in [-0.05, 0) is 37.0 Å². The van der Waals surface area contributed by atoms with E-state index in [-0.39, 0.29) is 18.6 Å². The van der Waals surface area contributed by atoms with Crippen LogP contribution in [0.15, 0.2) is 36.5 Å². The summed E-state index contributed by atoms with van der Waals surface area (Å²) in [6, 6.07) is 8.54. The van der Waals surface area contributed by atoms with Crippen molar-refractivity contribution >= 4 is 5.91 Å². The largest absolute Gasteiger partial charge is 0.484 e. The third kappa shape index (κ3) is 4.74. The Balaban J connectivity index is 1.61. The number of benzene rings is 1. The van der Waals surface area contributed by atoms with Crippen LogP contribution in [0, 0.1) is 0 Å². The fraction of sp³-hybridized carbons (Fsp3) is 0.412. The second-order valence-corrected chi connectivity index (χ2v) is 5.97. The highest BCUT2D eigenvalue weighted by atomic mass is 19.4. The lowest BCUT2D eigenvalue weighted by molar-refractivity contribution is -0.142. The molecule has 3 rings (SSSR count). The molecule has 1 heterocycles. The molecule has 134 valence electrons. The lowest BCUT2D eigenvalue weighted by atomic mass is 9.94. The Labute approximate surface area is 142 Å². The molecule has 0 radical (unpaired) electrons. The maximum Gasteiger partial charge on any atom is 0.408 e. The van der Waals surface area contributed by atoms with Crippen LogP contribution in [0.25, 0.3) is 0 Å². The van der Waals surface area contributed by atoms with Gasteiger partial charge in [-0.15, -0.1) is 0 Å². The van der Waals surface area contributed by atoms with Gasteiger partial charge in [0.05, 0.1) is 11.7 Å². The van der Waals surface area contributed by atoms with Crippen molar-refractivity contribution in [3.05, 3.63) is 47.8 Å². The molecule has 5 nitrogen and oxygen atoms in total. The van der Waals surface area contributed by atoms with Crippen LogP contribution in [0.3, 0.4) is 0 Å². The van der Waals surface area contributed by atoms with Crippen LogP contribution in [0.4, 0.5) is 13.2 Å². The lowest BCUT2D eigenvalue weighted by Crippen LogP contribution is -2.34. The van der Waals surface area contributed by atoms with E-state index in [4.69, 9.17) is 4.74 Å². The molecule has 1 N–H and O–H groups in total. The zero-order valence-electron chi connectivity index (χ0n) is 13.4. The molecule has 8 heteroatoms. The summed E-state index contributed by atoms with van der Waals surface area (Å²) in [5.74, 6) is 0.253. The van der Waals surface area contributed by atoms with Gasteiger partial charge in [0.25, 0.3) is 5.91 Å². The van der Waals surface area contributed by atoms with Crippen LogP contribution in [0.1, 0.15) is 30.1 Å². The zero-order chi connectivity index (χ0) is 17.9. The van der Waals surface area contributed by atoms with E-state index in [1.54, 1.807) is 24.3 Å². The number of halogens is 3. The molecule has 1 aromatic carbocycles. The average molecular weight is 353 g/mol. The third-order valence-electron chi connectivity index (χ3n) is 3.93. The summed E-state index contributed by atoms with van der Waals surface area (Å²) >= 11 is 0. The van der Waals surface area contributed by atoms with Crippen molar-refractivity contribution in [2.24, 2.45) is 0 Å². The molecule has 0 saturated carbocycles. The first kappa shape index (κ1) is 17.3. The molecule has 1 aliphatic rings. The van der Waals surface area contributed by atoms with Gasteiger partial charge in [0.1, 0.15) is 12.3 Å². The highest BCUT2D eigenvalue weighted by molar-refractivity contribution is 5.78. The fourth-order valence-corrected chi connectivity index (χ4v) is 2.90. The van der Waals surface area contributed by atoms with Crippen LogP contribution in [-0.2, 0) is 17.8 Å². The molecule has 0 bridgehead atoms. The van der Waals surface area contributed by atoms with E-state index in [1.807, 2.05) is 6.07 Å². The molecule has 2 aromatic rings. The monoisotopic (exact) mass is 353 g/mol. The minimum absolute atomic E-state index is 0.154. The minimum Gasteiger partial charge on any atom is -0.484 e. The van der Waals surface area contributed by atoms with Gasteiger partial charge in [-0.2, -0.15) is 18.3 Å². The van der Waals surface area contributed by atoms with Crippen LogP contribution >= 0.6 is 0 Å². The minimum atomic E-state index is -4.32. The zero-order valence-corrected chi connectivity index (χ0v) is 13.4. The van der Waals surface area contributed by atoms with E-state index in [0.29, 0.717) is 24.3 Å². The number of hydrogen-bond acceptors (Lipinski definition) is 3. The van der Waals surface area contributed by atoms with Gasteiger partial charge < -0.3 is 10.1 Å². The maximum absolute atomic E-state index is 12.5. The number of aryl methyl sites for hydroxylation is 1. The van der Waals surface area contributed by atoms with Crippen molar-refractivity contribution in [2.45, 2.75) is 38.0 Å². The molecule has 0 spiro atoms. The number of aromatic nitrogens is 2. The summed E-state index contributed by atoms with van der Waals surface area (Å²) in [6.07, 6.45) is -0.805. The number of hydrogen-bond donors (Lipinski definition) is 1. The van der Waals surface area contributed by atoms with E-state index < -0.39 is 12.7 Å².